The molecule has 1 fully saturated rings. The molecule has 2 aromatic heterocycles. The highest BCUT2D eigenvalue weighted by Crippen LogP contribution is 2.40. The van der Waals surface area contributed by atoms with Gasteiger partial charge in [-0.3, -0.25) is 4.79 Å². The monoisotopic (exact) mass is 313 g/mol. The molecule has 0 amide bonds. The minimum Gasteiger partial charge on any atom is -0.416 e. The second kappa shape index (κ2) is 5.28. The Morgan fingerprint density at radius 3 is 3.00 bits per heavy atom. The van der Waals surface area contributed by atoms with Crippen molar-refractivity contribution >= 4 is 28.4 Å². The number of aromatic amines is 1. The molecular formula is C16H15N3O2S. The Labute approximate surface area is 131 Å². The number of para-hydroxylation sites is 1. The third kappa shape index (κ3) is 2.43. The van der Waals surface area contributed by atoms with Crippen LogP contribution in [0.1, 0.15) is 41.9 Å². The Bertz CT molecular complexity index is 835. The molecule has 0 radical (unpaired) electrons. The van der Waals surface area contributed by atoms with E-state index in [1.807, 2.05) is 31.2 Å². The van der Waals surface area contributed by atoms with Crippen molar-refractivity contribution in [3.63, 3.8) is 0 Å². The number of H-pyrrole nitrogens is 1. The van der Waals surface area contributed by atoms with Gasteiger partial charge in [0.1, 0.15) is 0 Å². The molecule has 3 aromatic rings. The summed E-state index contributed by atoms with van der Waals surface area (Å²) in [6, 6.07) is 7.80. The predicted molar refractivity (Wildman–Crippen MR) is 84.2 cm³/mol. The fraction of sp³-hybridized carbons (Fsp3) is 0.312. The summed E-state index contributed by atoms with van der Waals surface area (Å²) in [5.41, 5.74) is 1.68. The van der Waals surface area contributed by atoms with E-state index in [2.05, 4.69) is 15.2 Å². The van der Waals surface area contributed by atoms with Crippen LogP contribution in [0.2, 0.25) is 0 Å². The van der Waals surface area contributed by atoms with Crippen molar-refractivity contribution < 1.29 is 9.21 Å². The molecule has 22 heavy (non-hydrogen) atoms. The minimum absolute atomic E-state index is 0.0635. The molecule has 1 aromatic carbocycles. The van der Waals surface area contributed by atoms with Crippen LogP contribution in [0.3, 0.4) is 0 Å². The molecule has 6 heteroatoms. The van der Waals surface area contributed by atoms with Crippen molar-refractivity contribution in [2.75, 3.05) is 0 Å². The fourth-order valence-electron chi connectivity index (χ4n) is 2.46. The number of hydrogen-bond acceptors (Lipinski definition) is 5. The van der Waals surface area contributed by atoms with Crippen LogP contribution in [0.15, 0.2) is 40.1 Å². The van der Waals surface area contributed by atoms with Crippen LogP contribution in [0.4, 0.5) is 0 Å². The lowest BCUT2D eigenvalue weighted by Gasteiger charge is -2.06. The van der Waals surface area contributed by atoms with E-state index in [1.165, 1.54) is 11.8 Å². The smallest absolute Gasteiger partial charge is 0.277 e. The Kier molecular flexibility index (Phi) is 3.26. The van der Waals surface area contributed by atoms with E-state index >= 15 is 0 Å². The second-order valence-electron chi connectivity index (χ2n) is 5.55. The number of thioether (sulfide) groups is 1. The summed E-state index contributed by atoms with van der Waals surface area (Å²) < 4.78 is 5.61. The highest BCUT2D eigenvalue weighted by molar-refractivity contribution is 8.00. The molecule has 1 atom stereocenters. The van der Waals surface area contributed by atoms with Crippen molar-refractivity contribution in [3.8, 4) is 0 Å². The number of carbonyl (C=O) groups excluding carboxylic acids is 1. The van der Waals surface area contributed by atoms with Gasteiger partial charge in [-0.2, -0.15) is 0 Å². The van der Waals surface area contributed by atoms with Crippen LogP contribution in [-0.2, 0) is 0 Å². The van der Waals surface area contributed by atoms with Crippen molar-refractivity contribution in [2.45, 2.75) is 36.2 Å². The Balaban J connectivity index is 1.53. The first-order valence-corrected chi connectivity index (χ1v) is 8.20. The molecule has 0 saturated heterocycles. The van der Waals surface area contributed by atoms with Crippen LogP contribution in [0, 0.1) is 0 Å². The van der Waals surface area contributed by atoms with Gasteiger partial charge in [-0.1, -0.05) is 30.0 Å². The summed E-state index contributed by atoms with van der Waals surface area (Å²) in [4.78, 5) is 15.8. The van der Waals surface area contributed by atoms with E-state index in [-0.39, 0.29) is 11.0 Å². The second-order valence-corrected chi connectivity index (χ2v) is 6.84. The molecule has 0 unspecified atom stereocenters. The molecule has 1 N–H and O–H groups in total. The lowest BCUT2D eigenvalue weighted by molar-refractivity contribution is 0.0995. The van der Waals surface area contributed by atoms with E-state index in [1.54, 1.807) is 6.20 Å². The maximum Gasteiger partial charge on any atom is 0.277 e. The van der Waals surface area contributed by atoms with Crippen molar-refractivity contribution in [1.82, 2.24) is 15.2 Å². The van der Waals surface area contributed by atoms with E-state index in [0.717, 1.165) is 23.7 Å². The lowest BCUT2D eigenvalue weighted by atomic mass is 10.1. The van der Waals surface area contributed by atoms with Gasteiger partial charge in [-0.05, 0) is 25.8 Å². The van der Waals surface area contributed by atoms with Crippen molar-refractivity contribution in [3.05, 3.63) is 41.9 Å². The molecule has 5 nitrogen and oxygen atoms in total. The van der Waals surface area contributed by atoms with Gasteiger partial charge in [-0.25, -0.2) is 0 Å². The number of carbonyl (C=O) groups is 1. The number of aromatic nitrogens is 3. The number of rotatable bonds is 5. The van der Waals surface area contributed by atoms with Gasteiger partial charge in [0, 0.05) is 28.6 Å². The highest BCUT2D eigenvalue weighted by Gasteiger charge is 2.30. The topological polar surface area (TPSA) is 71.8 Å². The summed E-state index contributed by atoms with van der Waals surface area (Å²) in [5.74, 6) is 1.20. The maximum atomic E-state index is 12.6. The maximum absolute atomic E-state index is 12.6. The zero-order valence-corrected chi connectivity index (χ0v) is 12.9. The van der Waals surface area contributed by atoms with Crippen LogP contribution < -0.4 is 0 Å². The molecule has 4 rings (SSSR count). The Morgan fingerprint density at radius 2 is 2.18 bits per heavy atom. The predicted octanol–water partition coefficient (Wildman–Crippen LogP) is 3.79. The van der Waals surface area contributed by atoms with Gasteiger partial charge >= 0.3 is 0 Å². The average molecular weight is 313 g/mol. The third-order valence-electron chi connectivity index (χ3n) is 3.85. The molecule has 2 heterocycles. The largest absolute Gasteiger partial charge is 0.416 e. The van der Waals surface area contributed by atoms with Crippen molar-refractivity contribution in [2.24, 2.45) is 0 Å². The number of Topliss-reactive ketones (excluding diaryl/α,β-unsaturated/α-hetero) is 1. The molecule has 1 saturated carbocycles. The SMILES string of the molecule is C[C@@H](Sc1nnc(C2CC2)o1)C(=O)c1c[nH]c2ccccc12. The van der Waals surface area contributed by atoms with Gasteiger partial charge < -0.3 is 9.40 Å². The molecule has 0 aliphatic heterocycles. The molecule has 0 bridgehead atoms. The van der Waals surface area contributed by atoms with Gasteiger partial charge in [0.15, 0.2) is 5.78 Å². The first-order chi connectivity index (χ1) is 10.7. The summed E-state index contributed by atoms with van der Waals surface area (Å²) in [7, 11) is 0. The Morgan fingerprint density at radius 1 is 1.36 bits per heavy atom. The lowest BCUT2D eigenvalue weighted by Crippen LogP contribution is -2.13. The number of hydrogen-bond donors (Lipinski definition) is 1. The molecule has 112 valence electrons. The number of fused-ring (bicyclic) bond motifs is 1. The zero-order chi connectivity index (χ0) is 15.1. The first-order valence-electron chi connectivity index (χ1n) is 7.33. The third-order valence-corrected chi connectivity index (χ3v) is 4.78. The van der Waals surface area contributed by atoms with Gasteiger partial charge in [0.2, 0.25) is 5.89 Å². The number of nitrogens with zero attached hydrogens (tertiary/aromatic N) is 2. The van der Waals surface area contributed by atoms with Crippen LogP contribution >= 0.6 is 11.8 Å². The number of benzene rings is 1. The molecule has 1 aliphatic rings. The molecular weight excluding hydrogens is 298 g/mol. The molecule has 1 aliphatic carbocycles. The Hall–Kier alpha value is -2.08. The summed E-state index contributed by atoms with van der Waals surface area (Å²) >= 11 is 1.32. The van der Waals surface area contributed by atoms with E-state index in [9.17, 15) is 4.79 Å². The summed E-state index contributed by atoms with van der Waals surface area (Å²) in [5, 5.41) is 9.23. The quantitative estimate of drug-likeness (QED) is 0.573. The standard InChI is InChI=1S/C16H15N3O2S/c1-9(22-16-19-18-15(21-16)10-6-7-10)14(20)12-8-17-13-5-3-2-4-11(12)13/h2-5,8-10,17H,6-7H2,1H3/t9-/m1/s1. The van der Waals surface area contributed by atoms with Crippen LogP contribution in [0.25, 0.3) is 10.9 Å². The van der Waals surface area contributed by atoms with Gasteiger partial charge in [-0.15, -0.1) is 10.2 Å². The normalized spacial score (nSPS) is 16.0. The summed E-state index contributed by atoms with van der Waals surface area (Å²) in [6.07, 6.45) is 4.01. The zero-order valence-electron chi connectivity index (χ0n) is 12.1. The van der Waals surface area contributed by atoms with Crippen LogP contribution in [0.5, 0.6) is 0 Å². The number of ketones is 1. The van der Waals surface area contributed by atoms with E-state index < -0.39 is 0 Å². The van der Waals surface area contributed by atoms with Crippen molar-refractivity contribution in [1.29, 1.82) is 0 Å². The molecule has 0 spiro atoms. The van der Waals surface area contributed by atoms with Gasteiger partial charge in [0.05, 0.1) is 5.25 Å². The van der Waals surface area contributed by atoms with E-state index in [4.69, 9.17) is 4.42 Å². The van der Waals surface area contributed by atoms with E-state index in [0.29, 0.717) is 22.6 Å². The van der Waals surface area contributed by atoms with Crippen LogP contribution in [-0.4, -0.2) is 26.2 Å². The highest BCUT2D eigenvalue weighted by atomic mass is 32.2. The average Bonchev–Trinajstić information content (AvgIpc) is 3.13. The first kappa shape index (κ1) is 13.6. The van der Waals surface area contributed by atoms with Gasteiger partial charge in [0.25, 0.3) is 5.22 Å². The number of nitrogens with one attached hydrogen (secondary N) is 1. The fourth-order valence-corrected chi connectivity index (χ4v) is 3.22. The minimum atomic E-state index is -0.272. The summed E-state index contributed by atoms with van der Waals surface area (Å²) in [6.45, 7) is 1.87.